The minimum atomic E-state index is -0.294. The lowest BCUT2D eigenvalue weighted by molar-refractivity contribution is 0.473. The quantitative estimate of drug-likeness (QED) is 0.863. The van der Waals surface area contributed by atoms with E-state index in [-0.39, 0.29) is 17.6 Å². The van der Waals surface area contributed by atoms with Crippen molar-refractivity contribution in [2.45, 2.75) is 19.0 Å². The smallest absolute Gasteiger partial charge is 0.147 e. The highest BCUT2D eigenvalue weighted by Gasteiger charge is 2.24. The van der Waals surface area contributed by atoms with Crippen LogP contribution >= 0.6 is 23.2 Å². The van der Waals surface area contributed by atoms with Crippen LogP contribution < -0.4 is 10.2 Å². The topological polar surface area (TPSA) is 35.5 Å². The van der Waals surface area contributed by atoms with E-state index in [0.717, 1.165) is 25.1 Å². The molecule has 1 aliphatic heterocycles. The third kappa shape index (κ3) is 4.08. The first kappa shape index (κ1) is 16.4. The number of anilines is 1. The van der Waals surface area contributed by atoms with Gasteiger partial charge in [-0.15, -0.1) is 0 Å². The van der Waals surface area contributed by atoms with Gasteiger partial charge in [0.15, 0.2) is 0 Å². The average molecular weight is 355 g/mol. The van der Waals surface area contributed by atoms with Gasteiger partial charge in [0, 0.05) is 35.7 Å². The van der Waals surface area contributed by atoms with Crippen LogP contribution in [0.15, 0.2) is 36.4 Å². The Morgan fingerprint density at radius 2 is 2.00 bits per heavy atom. The summed E-state index contributed by atoms with van der Waals surface area (Å²) < 4.78 is 14.0. The van der Waals surface area contributed by atoms with Gasteiger partial charge in [-0.2, -0.15) is 0 Å². The Hall–Kier alpha value is -1.49. The first-order valence-corrected chi connectivity index (χ1v) is 8.18. The van der Waals surface area contributed by atoms with Crippen molar-refractivity contribution in [3.8, 4) is 5.75 Å². The van der Waals surface area contributed by atoms with Crippen molar-refractivity contribution in [2.24, 2.45) is 0 Å². The van der Waals surface area contributed by atoms with Gasteiger partial charge in [-0.05, 0) is 48.4 Å². The minimum Gasteiger partial charge on any atom is -0.508 e. The molecule has 1 fully saturated rings. The summed E-state index contributed by atoms with van der Waals surface area (Å²) in [5.41, 5.74) is 1.50. The molecule has 0 spiro atoms. The van der Waals surface area contributed by atoms with Crippen molar-refractivity contribution in [3.05, 3.63) is 57.8 Å². The van der Waals surface area contributed by atoms with Crippen LogP contribution in [0.3, 0.4) is 0 Å². The first-order chi connectivity index (χ1) is 11.0. The van der Waals surface area contributed by atoms with Gasteiger partial charge in [-0.25, -0.2) is 4.39 Å². The van der Waals surface area contributed by atoms with Crippen LogP contribution in [0.4, 0.5) is 10.1 Å². The Morgan fingerprint density at radius 1 is 1.17 bits per heavy atom. The highest BCUT2D eigenvalue weighted by molar-refractivity contribution is 6.31. The third-order valence-electron chi connectivity index (χ3n) is 3.98. The largest absolute Gasteiger partial charge is 0.508 e. The number of nitrogens with one attached hydrogen (secondary N) is 1. The molecule has 2 N–H and O–H groups in total. The van der Waals surface area contributed by atoms with E-state index in [1.807, 2.05) is 11.0 Å². The highest BCUT2D eigenvalue weighted by Crippen LogP contribution is 2.26. The van der Waals surface area contributed by atoms with E-state index in [4.69, 9.17) is 23.2 Å². The molecule has 1 atom stereocenters. The van der Waals surface area contributed by atoms with E-state index < -0.39 is 0 Å². The van der Waals surface area contributed by atoms with Gasteiger partial charge in [-0.1, -0.05) is 23.2 Å². The lowest BCUT2D eigenvalue weighted by Gasteiger charge is -2.20. The van der Waals surface area contributed by atoms with Gasteiger partial charge in [0.05, 0.1) is 5.69 Å². The van der Waals surface area contributed by atoms with E-state index in [2.05, 4.69) is 5.32 Å². The predicted octanol–water partition coefficient (Wildman–Crippen LogP) is 4.21. The number of halogens is 3. The van der Waals surface area contributed by atoms with Gasteiger partial charge in [0.2, 0.25) is 0 Å². The number of phenols is 1. The zero-order chi connectivity index (χ0) is 16.4. The molecule has 122 valence electrons. The molecule has 6 heteroatoms. The fourth-order valence-electron chi connectivity index (χ4n) is 2.88. The Morgan fingerprint density at radius 3 is 2.74 bits per heavy atom. The average Bonchev–Trinajstić information content (AvgIpc) is 2.93. The zero-order valence-electron chi connectivity index (χ0n) is 12.4. The van der Waals surface area contributed by atoms with Crippen molar-refractivity contribution in [1.82, 2.24) is 5.32 Å². The number of hydrogen-bond acceptors (Lipinski definition) is 3. The molecule has 0 radical (unpaired) electrons. The Kier molecular flexibility index (Phi) is 4.95. The fourth-order valence-corrected chi connectivity index (χ4v) is 3.29. The summed E-state index contributed by atoms with van der Waals surface area (Å²) in [5, 5.41) is 13.9. The second-order valence-electron chi connectivity index (χ2n) is 5.73. The van der Waals surface area contributed by atoms with Crippen LogP contribution in [0.25, 0.3) is 0 Å². The maximum atomic E-state index is 14.0. The lowest BCUT2D eigenvalue weighted by Crippen LogP contribution is -2.32. The van der Waals surface area contributed by atoms with Crippen molar-refractivity contribution in [2.75, 3.05) is 18.0 Å². The molecule has 2 aromatic carbocycles. The molecule has 23 heavy (non-hydrogen) atoms. The number of rotatable bonds is 4. The van der Waals surface area contributed by atoms with E-state index in [0.29, 0.717) is 22.3 Å². The fraction of sp³-hybridized carbons (Fsp3) is 0.294. The van der Waals surface area contributed by atoms with E-state index in [1.54, 1.807) is 18.2 Å². The Balaban J connectivity index is 1.59. The molecule has 1 unspecified atom stereocenters. The van der Waals surface area contributed by atoms with Crippen LogP contribution in [0.2, 0.25) is 10.0 Å². The van der Waals surface area contributed by atoms with Gasteiger partial charge in [-0.3, -0.25) is 0 Å². The molecule has 0 saturated carbocycles. The summed E-state index contributed by atoms with van der Waals surface area (Å²) >= 11 is 11.7. The highest BCUT2D eigenvalue weighted by atomic mass is 35.5. The van der Waals surface area contributed by atoms with E-state index in [1.165, 1.54) is 12.1 Å². The minimum absolute atomic E-state index is 0.158. The number of nitrogens with zero attached hydrogens (tertiary/aromatic N) is 1. The molecular formula is C17H17Cl2FN2O. The second kappa shape index (κ2) is 6.95. The Labute approximate surface area is 144 Å². The van der Waals surface area contributed by atoms with Crippen LogP contribution in [-0.2, 0) is 6.54 Å². The van der Waals surface area contributed by atoms with Gasteiger partial charge < -0.3 is 15.3 Å². The molecular weight excluding hydrogens is 338 g/mol. The van der Waals surface area contributed by atoms with Crippen molar-refractivity contribution in [3.63, 3.8) is 0 Å². The normalized spacial score (nSPS) is 17.7. The lowest BCUT2D eigenvalue weighted by atomic mass is 10.2. The summed E-state index contributed by atoms with van der Waals surface area (Å²) in [6.45, 7) is 2.12. The van der Waals surface area contributed by atoms with Crippen LogP contribution in [-0.4, -0.2) is 24.2 Å². The van der Waals surface area contributed by atoms with Gasteiger partial charge in [0.25, 0.3) is 0 Å². The Bertz CT molecular complexity index is 691. The molecule has 0 aliphatic carbocycles. The van der Waals surface area contributed by atoms with Crippen LogP contribution in [0.1, 0.15) is 12.0 Å². The number of benzene rings is 2. The van der Waals surface area contributed by atoms with Crippen molar-refractivity contribution in [1.29, 1.82) is 0 Å². The number of hydrogen-bond donors (Lipinski definition) is 2. The van der Waals surface area contributed by atoms with Crippen LogP contribution in [0.5, 0.6) is 5.75 Å². The summed E-state index contributed by atoms with van der Waals surface area (Å²) in [7, 11) is 0. The molecule has 0 amide bonds. The number of phenolic OH excluding ortho intramolecular Hbond substituents is 1. The third-order valence-corrected chi connectivity index (χ3v) is 4.43. The molecule has 0 bridgehead atoms. The van der Waals surface area contributed by atoms with Crippen molar-refractivity contribution < 1.29 is 9.50 Å². The predicted molar refractivity (Wildman–Crippen MR) is 92.0 cm³/mol. The zero-order valence-corrected chi connectivity index (χ0v) is 13.9. The first-order valence-electron chi connectivity index (χ1n) is 7.43. The molecule has 2 aromatic rings. The summed E-state index contributed by atoms with van der Waals surface area (Å²) in [6, 6.07) is 10.0. The monoisotopic (exact) mass is 354 g/mol. The standard InChI is InChI=1S/C17H17Cl2FN2O/c18-12-1-2-17(16(20)8-12)22-4-3-14(10-22)21-9-11-5-13(19)7-15(23)6-11/h1-2,5-8,14,21,23H,3-4,9-10H2. The second-order valence-corrected chi connectivity index (χ2v) is 6.60. The van der Waals surface area contributed by atoms with Gasteiger partial charge >= 0.3 is 0 Å². The maximum absolute atomic E-state index is 14.0. The molecule has 1 saturated heterocycles. The van der Waals surface area contributed by atoms with E-state index in [9.17, 15) is 9.50 Å². The van der Waals surface area contributed by atoms with Gasteiger partial charge in [0.1, 0.15) is 11.6 Å². The molecule has 3 nitrogen and oxygen atoms in total. The molecule has 1 heterocycles. The van der Waals surface area contributed by atoms with Crippen molar-refractivity contribution >= 4 is 28.9 Å². The SMILES string of the molecule is Oc1cc(Cl)cc(CNC2CCN(c3ccc(Cl)cc3F)C2)c1. The summed E-state index contributed by atoms with van der Waals surface area (Å²) in [4.78, 5) is 2.01. The summed E-state index contributed by atoms with van der Waals surface area (Å²) in [5.74, 6) is -0.136. The van der Waals surface area contributed by atoms with Crippen LogP contribution in [0, 0.1) is 5.82 Å². The maximum Gasteiger partial charge on any atom is 0.147 e. The molecule has 0 aromatic heterocycles. The molecule has 3 rings (SSSR count). The number of aromatic hydroxyl groups is 1. The van der Waals surface area contributed by atoms with E-state index >= 15 is 0 Å². The summed E-state index contributed by atoms with van der Waals surface area (Å²) in [6.07, 6.45) is 0.925. The molecule has 1 aliphatic rings.